The number of thioether (sulfide) groups is 1. The molecule has 0 aromatic carbocycles. The van der Waals surface area contributed by atoms with Crippen LogP contribution in [0, 0.1) is 0 Å². The molecule has 0 amide bonds. The van der Waals surface area contributed by atoms with E-state index >= 15 is 0 Å². The summed E-state index contributed by atoms with van der Waals surface area (Å²) < 4.78 is 1.86. The van der Waals surface area contributed by atoms with Crippen LogP contribution >= 0.6 is 11.8 Å². The smallest absolute Gasteiger partial charge is 0.356 e. The first-order chi connectivity index (χ1) is 8.69. The average molecular weight is 270 g/mol. The van der Waals surface area contributed by atoms with Gasteiger partial charge in [0.05, 0.1) is 0 Å². The van der Waals surface area contributed by atoms with E-state index in [0.717, 1.165) is 43.0 Å². The summed E-state index contributed by atoms with van der Waals surface area (Å²) in [6, 6.07) is 1.71. The Morgan fingerprint density at radius 2 is 2.17 bits per heavy atom. The molecule has 1 aromatic rings. The maximum atomic E-state index is 10.9. The zero-order chi connectivity index (χ0) is 13.4. The van der Waals surface area contributed by atoms with E-state index in [4.69, 9.17) is 5.11 Å². The summed E-state index contributed by atoms with van der Waals surface area (Å²) in [4.78, 5) is 10.9. The van der Waals surface area contributed by atoms with Gasteiger partial charge in [0.2, 0.25) is 0 Å². The predicted molar refractivity (Wildman–Crippen MR) is 75.4 cm³/mol. The fraction of sp³-hybridized carbons (Fsp3) is 0.692. The Morgan fingerprint density at radius 1 is 1.39 bits per heavy atom. The number of aryl methyl sites for hydroxylation is 2. The van der Waals surface area contributed by atoms with Crippen molar-refractivity contribution in [2.24, 2.45) is 0 Å². The first kappa shape index (κ1) is 15.1. The molecule has 0 atom stereocenters. The predicted octanol–water partition coefficient (Wildman–Crippen LogP) is 3.07. The van der Waals surface area contributed by atoms with Gasteiger partial charge in [-0.1, -0.05) is 20.3 Å². The van der Waals surface area contributed by atoms with Crippen molar-refractivity contribution in [2.75, 3.05) is 11.5 Å². The molecule has 0 unspecified atom stereocenters. The Balaban J connectivity index is 2.63. The molecule has 102 valence electrons. The van der Waals surface area contributed by atoms with E-state index in [0.29, 0.717) is 0 Å². The van der Waals surface area contributed by atoms with E-state index in [-0.39, 0.29) is 5.69 Å². The van der Waals surface area contributed by atoms with Gasteiger partial charge < -0.3 is 5.11 Å². The molecule has 0 fully saturated rings. The molecule has 5 heteroatoms. The summed E-state index contributed by atoms with van der Waals surface area (Å²) in [5.74, 6) is 1.26. The average Bonchev–Trinajstić information content (AvgIpc) is 2.75. The molecule has 0 spiro atoms. The van der Waals surface area contributed by atoms with Crippen LogP contribution in [0.3, 0.4) is 0 Å². The summed E-state index contributed by atoms with van der Waals surface area (Å²) in [7, 11) is 0. The van der Waals surface area contributed by atoms with Crippen LogP contribution in [0.5, 0.6) is 0 Å². The van der Waals surface area contributed by atoms with Gasteiger partial charge in [0.15, 0.2) is 5.69 Å². The van der Waals surface area contributed by atoms with Gasteiger partial charge in [0.1, 0.15) is 0 Å². The molecule has 1 N–H and O–H groups in total. The zero-order valence-electron chi connectivity index (χ0n) is 11.2. The standard InChI is InChI=1S/C13H22N2O2S/c1-3-5-7-15-11(6-9-18-8-4-2)10-12(14-15)13(16)17/h10H,3-9H2,1-2H3,(H,16,17). The van der Waals surface area contributed by atoms with E-state index < -0.39 is 5.97 Å². The third-order valence-corrected chi connectivity index (χ3v) is 3.85. The van der Waals surface area contributed by atoms with Gasteiger partial charge in [-0.15, -0.1) is 0 Å². The van der Waals surface area contributed by atoms with Crippen molar-refractivity contribution < 1.29 is 9.90 Å². The molecule has 4 nitrogen and oxygen atoms in total. The number of carboxylic acid groups (broad SMARTS) is 1. The van der Waals surface area contributed by atoms with Crippen LogP contribution in [0.1, 0.15) is 49.3 Å². The van der Waals surface area contributed by atoms with Crippen LogP contribution < -0.4 is 0 Å². The van der Waals surface area contributed by atoms with Crippen LogP contribution in [0.2, 0.25) is 0 Å². The van der Waals surface area contributed by atoms with Crippen molar-refractivity contribution in [2.45, 2.75) is 46.1 Å². The number of carbonyl (C=O) groups is 1. The maximum absolute atomic E-state index is 10.9. The largest absolute Gasteiger partial charge is 0.476 e. The molecule has 0 saturated heterocycles. The van der Waals surface area contributed by atoms with E-state index in [2.05, 4.69) is 18.9 Å². The van der Waals surface area contributed by atoms with Gasteiger partial charge in [-0.05, 0) is 36.8 Å². The summed E-state index contributed by atoms with van der Waals surface area (Å²) in [5, 5.41) is 13.1. The van der Waals surface area contributed by atoms with Crippen LogP contribution in [0.25, 0.3) is 0 Å². The topological polar surface area (TPSA) is 55.1 Å². The highest BCUT2D eigenvalue weighted by Crippen LogP contribution is 2.11. The van der Waals surface area contributed by atoms with Crippen molar-refractivity contribution in [3.63, 3.8) is 0 Å². The Hall–Kier alpha value is -0.970. The number of hydrogen-bond donors (Lipinski definition) is 1. The summed E-state index contributed by atoms with van der Waals surface area (Å²) >= 11 is 1.91. The first-order valence-corrected chi connectivity index (χ1v) is 7.72. The Bertz CT molecular complexity index is 377. The number of aromatic nitrogens is 2. The highest BCUT2D eigenvalue weighted by molar-refractivity contribution is 7.99. The van der Waals surface area contributed by atoms with E-state index in [1.165, 1.54) is 6.42 Å². The minimum Gasteiger partial charge on any atom is -0.476 e. The summed E-state index contributed by atoms with van der Waals surface area (Å²) in [5.41, 5.74) is 1.21. The number of rotatable bonds is 9. The molecule has 0 aliphatic carbocycles. The third-order valence-electron chi connectivity index (χ3n) is 2.66. The normalized spacial score (nSPS) is 10.8. The van der Waals surface area contributed by atoms with Crippen LogP contribution in [0.15, 0.2) is 6.07 Å². The van der Waals surface area contributed by atoms with Gasteiger partial charge >= 0.3 is 5.97 Å². The van der Waals surface area contributed by atoms with E-state index in [9.17, 15) is 4.79 Å². The molecule has 0 aliphatic heterocycles. The van der Waals surface area contributed by atoms with Crippen LogP contribution in [-0.4, -0.2) is 32.4 Å². The molecule has 1 rings (SSSR count). The maximum Gasteiger partial charge on any atom is 0.356 e. The summed E-state index contributed by atoms with van der Waals surface area (Å²) in [6.07, 6.45) is 4.21. The third kappa shape index (κ3) is 4.72. The zero-order valence-corrected chi connectivity index (χ0v) is 12.0. The lowest BCUT2D eigenvalue weighted by atomic mass is 10.3. The highest BCUT2D eigenvalue weighted by Gasteiger charge is 2.12. The molecule has 0 radical (unpaired) electrons. The van der Waals surface area contributed by atoms with Crippen molar-refractivity contribution >= 4 is 17.7 Å². The lowest BCUT2D eigenvalue weighted by molar-refractivity contribution is 0.0689. The first-order valence-electron chi connectivity index (χ1n) is 6.56. The molecule has 1 heterocycles. The summed E-state index contributed by atoms with van der Waals surface area (Å²) in [6.45, 7) is 5.11. The van der Waals surface area contributed by atoms with Crippen molar-refractivity contribution in [1.29, 1.82) is 0 Å². The lowest BCUT2D eigenvalue weighted by Crippen LogP contribution is -2.07. The van der Waals surface area contributed by atoms with Gasteiger partial charge in [-0.2, -0.15) is 16.9 Å². The Kier molecular flexibility index (Phi) is 6.86. The Morgan fingerprint density at radius 3 is 2.78 bits per heavy atom. The van der Waals surface area contributed by atoms with Gasteiger partial charge in [-0.3, -0.25) is 4.68 Å². The van der Waals surface area contributed by atoms with Crippen LogP contribution in [-0.2, 0) is 13.0 Å². The second kappa shape index (κ2) is 8.19. The fourth-order valence-electron chi connectivity index (χ4n) is 1.69. The molecule has 0 aliphatic rings. The van der Waals surface area contributed by atoms with E-state index in [1.807, 2.05) is 16.4 Å². The molecular formula is C13H22N2O2S. The number of carboxylic acids is 1. The second-order valence-electron chi connectivity index (χ2n) is 4.27. The monoisotopic (exact) mass is 270 g/mol. The number of nitrogens with zero attached hydrogens (tertiary/aromatic N) is 2. The number of aromatic carboxylic acids is 1. The molecule has 0 bridgehead atoms. The molecule has 1 aromatic heterocycles. The minimum atomic E-state index is -0.937. The van der Waals surface area contributed by atoms with Crippen molar-refractivity contribution in [3.8, 4) is 0 Å². The highest BCUT2D eigenvalue weighted by atomic mass is 32.2. The number of hydrogen-bond acceptors (Lipinski definition) is 3. The minimum absolute atomic E-state index is 0.168. The fourth-order valence-corrected chi connectivity index (χ4v) is 2.53. The van der Waals surface area contributed by atoms with Crippen molar-refractivity contribution in [3.05, 3.63) is 17.5 Å². The van der Waals surface area contributed by atoms with Gasteiger partial charge in [0.25, 0.3) is 0 Å². The van der Waals surface area contributed by atoms with Gasteiger partial charge in [-0.25, -0.2) is 4.79 Å². The van der Waals surface area contributed by atoms with Crippen LogP contribution in [0.4, 0.5) is 0 Å². The van der Waals surface area contributed by atoms with Crippen molar-refractivity contribution in [1.82, 2.24) is 9.78 Å². The second-order valence-corrected chi connectivity index (χ2v) is 5.49. The van der Waals surface area contributed by atoms with Gasteiger partial charge in [0, 0.05) is 12.2 Å². The SMILES string of the molecule is CCCCn1nc(C(=O)O)cc1CCSCCC. The molecule has 0 saturated carbocycles. The lowest BCUT2D eigenvalue weighted by Gasteiger charge is -2.06. The molecular weight excluding hydrogens is 248 g/mol. The quantitative estimate of drug-likeness (QED) is 0.701. The van der Waals surface area contributed by atoms with E-state index in [1.54, 1.807) is 6.07 Å². The molecule has 18 heavy (non-hydrogen) atoms. The number of unbranched alkanes of at least 4 members (excludes halogenated alkanes) is 1. The Labute approximate surface area is 113 Å².